The van der Waals surface area contributed by atoms with Crippen LogP contribution in [0.25, 0.3) is 0 Å². The number of nitriles is 1. The number of benzene rings is 2. The van der Waals surface area contributed by atoms with Crippen LogP contribution in [0.15, 0.2) is 60.8 Å². The first-order valence-corrected chi connectivity index (χ1v) is 8.30. The molecule has 5 nitrogen and oxygen atoms in total. The highest BCUT2D eigenvalue weighted by molar-refractivity contribution is 6.36. The van der Waals surface area contributed by atoms with Gasteiger partial charge in [0.15, 0.2) is 0 Å². The second kappa shape index (κ2) is 7.87. The van der Waals surface area contributed by atoms with E-state index in [1.165, 1.54) is 6.20 Å². The van der Waals surface area contributed by atoms with E-state index >= 15 is 0 Å². The van der Waals surface area contributed by atoms with E-state index in [9.17, 15) is 4.79 Å². The fraction of sp³-hybridized carbons (Fsp3) is 0. The molecule has 2 aromatic carbocycles. The van der Waals surface area contributed by atoms with Crippen LogP contribution < -0.4 is 10.6 Å². The van der Waals surface area contributed by atoms with Crippen LogP contribution in [0, 0.1) is 11.3 Å². The number of rotatable bonds is 4. The zero-order valence-electron chi connectivity index (χ0n) is 13.3. The molecule has 0 bridgehead atoms. The molecular weight excluding hydrogens is 371 g/mol. The van der Waals surface area contributed by atoms with Crippen molar-refractivity contribution in [2.75, 3.05) is 10.6 Å². The average molecular weight is 383 g/mol. The highest BCUT2D eigenvalue weighted by Gasteiger charge is 2.09. The minimum absolute atomic E-state index is 0.250. The third-order valence-corrected chi connectivity index (χ3v) is 4.00. The smallest absolute Gasteiger partial charge is 0.274 e. The van der Waals surface area contributed by atoms with Crippen LogP contribution in [0.1, 0.15) is 16.1 Å². The molecule has 0 spiro atoms. The van der Waals surface area contributed by atoms with Gasteiger partial charge in [0.05, 0.1) is 34.2 Å². The van der Waals surface area contributed by atoms with Gasteiger partial charge in [0.2, 0.25) is 0 Å². The van der Waals surface area contributed by atoms with Crippen LogP contribution in [-0.2, 0) is 0 Å². The van der Waals surface area contributed by atoms with Crippen LogP contribution in [0.5, 0.6) is 0 Å². The summed E-state index contributed by atoms with van der Waals surface area (Å²) in [5.41, 5.74) is 2.61. The van der Waals surface area contributed by atoms with Gasteiger partial charge in [-0.1, -0.05) is 29.3 Å². The molecule has 3 aromatic rings. The first-order chi connectivity index (χ1) is 12.5. The Kier molecular flexibility index (Phi) is 5.37. The largest absolute Gasteiger partial charge is 0.353 e. The molecule has 0 saturated heterocycles. The molecule has 0 unspecified atom stereocenters. The normalized spacial score (nSPS) is 10.0. The van der Waals surface area contributed by atoms with Gasteiger partial charge in [-0.2, -0.15) is 5.26 Å². The van der Waals surface area contributed by atoms with Crippen molar-refractivity contribution >= 4 is 46.2 Å². The lowest BCUT2D eigenvalue weighted by Crippen LogP contribution is -2.13. The van der Waals surface area contributed by atoms with Gasteiger partial charge in [-0.05, 0) is 48.5 Å². The van der Waals surface area contributed by atoms with E-state index in [0.29, 0.717) is 32.7 Å². The molecule has 0 aliphatic carbocycles. The summed E-state index contributed by atoms with van der Waals surface area (Å²) in [6, 6.07) is 17.1. The Morgan fingerprint density at radius 3 is 2.58 bits per heavy atom. The van der Waals surface area contributed by atoms with Crippen molar-refractivity contribution in [1.82, 2.24) is 4.98 Å². The first-order valence-electron chi connectivity index (χ1n) is 7.55. The van der Waals surface area contributed by atoms with Crippen molar-refractivity contribution in [1.29, 1.82) is 5.26 Å². The monoisotopic (exact) mass is 382 g/mol. The molecule has 7 heteroatoms. The van der Waals surface area contributed by atoms with E-state index in [1.54, 1.807) is 54.6 Å². The number of halogens is 2. The number of carbonyl (C=O) groups is 1. The van der Waals surface area contributed by atoms with E-state index in [-0.39, 0.29) is 11.6 Å². The van der Waals surface area contributed by atoms with Gasteiger partial charge in [0.1, 0.15) is 5.69 Å². The third-order valence-electron chi connectivity index (χ3n) is 3.46. The molecule has 26 heavy (non-hydrogen) atoms. The second-order valence-electron chi connectivity index (χ2n) is 5.33. The van der Waals surface area contributed by atoms with Crippen molar-refractivity contribution in [3.8, 4) is 6.07 Å². The number of pyridine rings is 1. The van der Waals surface area contributed by atoms with E-state index in [2.05, 4.69) is 15.6 Å². The van der Waals surface area contributed by atoms with Crippen molar-refractivity contribution < 1.29 is 4.79 Å². The SMILES string of the molecule is N#Cc1cccc(NC(=O)c2ccc(Nc3ccc(Cl)cc3Cl)cn2)c1. The van der Waals surface area contributed by atoms with Gasteiger partial charge >= 0.3 is 0 Å². The van der Waals surface area contributed by atoms with Crippen LogP contribution >= 0.6 is 23.2 Å². The van der Waals surface area contributed by atoms with Crippen molar-refractivity contribution in [2.45, 2.75) is 0 Å². The first kappa shape index (κ1) is 17.7. The molecular formula is C19H12Cl2N4O. The van der Waals surface area contributed by atoms with E-state index in [1.807, 2.05) is 6.07 Å². The zero-order chi connectivity index (χ0) is 18.5. The molecule has 0 saturated carbocycles. The quantitative estimate of drug-likeness (QED) is 0.645. The Balaban J connectivity index is 1.70. The van der Waals surface area contributed by atoms with E-state index in [0.717, 1.165) is 0 Å². The molecule has 2 N–H and O–H groups in total. The highest BCUT2D eigenvalue weighted by atomic mass is 35.5. The Morgan fingerprint density at radius 1 is 1.04 bits per heavy atom. The summed E-state index contributed by atoms with van der Waals surface area (Å²) < 4.78 is 0. The van der Waals surface area contributed by atoms with Gasteiger partial charge in [0.25, 0.3) is 5.91 Å². The lowest BCUT2D eigenvalue weighted by molar-refractivity contribution is 0.102. The minimum atomic E-state index is -0.365. The van der Waals surface area contributed by atoms with Gasteiger partial charge in [-0.3, -0.25) is 4.79 Å². The summed E-state index contributed by atoms with van der Waals surface area (Å²) in [7, 11) is 0. The zero-order valence-corrected chi connectivity index (χ0v) is 14.8. The topological polar surface area (TPSA) is 77.8 Å². The van der Waals surface area contributed by atoms with Crippen LogP contribution in [0.4, 0.5) is 17.1 Å². The Morgan fingerprint density at radius 2 is 1.88 bits per heavy atom. The van der Waals surface area contributed by atoms with E-state index < -0.39 is 0 Å². The number of nitrogens with one attached hydrogen (secondary N) is 2. The maximum Gasteiger partial charge on any atom is 0.274 e. The standard InChI is InChI=1S/C19H12Cl2N4O/c20-13-4-6-17(16(21)9-13)24-15-5-7-18(23-11-15)19(26)25-14-3-1-2-12(8-14)10-22/h1-9,11,24H,(H,25,26). The van der Waals surface area contributed by atoms with Gasteiger partial charge in [-0.25, -0.2) is 4.98 Å². The minimum Gasteiger partial charge on any atom is -0.353 e. The fourth-order valence-corrected chi connectivity index (χ4v) is 2.67. The van der Waals surface area contributed by atoms with Crippen LogP contribution in [0.2, 0.25) is 10.0 Å². The maximum atomic E-state index is 12.3. The number of aromatic nitrogens is 1. The predicted molar refractivity (Wildman–Crippen MR) is 103 cm³/mol. The van der Waals surface area contributed by atoms with Gasteiger partial charge in [0, 0.05) is 10.7 Å². The van der Waals surface area contributed by atoms with Crippen molar-refractivity contribution in [3.05, 3.63) is 82.1 Å². The summed E-state index contributed by atoms with van der Waals surface area (Å²) in [5.74, 6) is -0.365. The number of anilines is 3. The van der Waals surface area contributed by atoms with E-state index in [4.69, 9.17) is 28.5 Å². The van der Waals surface area contributed by atoms with Crippen molar-refractivity contribution in [3.63, 3.8) is 0 Å². The summed E-state index contributed by atoms with van der Waals surface area (Å²) in [6.07, 6.45) is 1.53. The molecule has 128 valence electrons. The number of carbonyl (C=O) groups excluding carboxylic acids is 1. The third kappa shape index (κ3) is 4.31. The van der Waals surface area contributed by atoms with Crippen LogP contribution in [-0.4, -0.2) is 10.9 Å². The Bertz CT molecular complexity index is 997. The summed E-state index contributed by atoms with van der Waals surface area (Å²) in [4.78, 5) is 16.4. The average Bonchev–Trinajstić information content (AvgIpc) is 2.64. The van der Waals surface area contributed by atoms with Crippen LogP contribution in [0.3, 0.4) is 0 Å². The number of hydrogen-bond donors (Lipinski definition) is 2. The molecule has 3 rings (SSSR count). The summed E-state index contributed by atoms with van der Waals surface area (Å²) in [5, 5.41) is 15.7. The van der Waals surface area contributed by atoms with Crippen molar-refractivity contribution in [2.24, 2.45) is 0 Å². The molecule has 0 atom stereocenters. The molecule has 1 amide bonds. The molecule has 1 aromatic heterocycles. The van der Waals surface area contributed by atoms with Gasteiger partial charge in [-0.15, -0.1) is 0 Å². The van der Waals surface area contributed by atoms with Gasteiger partial charge < -0.3 is 10.6 Å². The Labute approximate surface area is 160 Å². The lowest BCUT2D eigenvalue weighted by atomic mass is 10.2. The fourth-order valence-electron chi connectivity index (χ4n) is 2.21. The molecule has 0 aliphatic rings. The molecule has 1 heterocycles. The second-order valence-corrected chi connectivity index (χ2v) is 6.17. The molecule has 0 aliphatic heterocycles. The Hall–Kier alpha value is -3.07. The molecule has 0 fully saturated rings. The number of nitrogens with zero attached hydrogens (tertiary/aromatic N) is 2. The maximum absolute atomic E-state index is 12.3. The predicted octanol–water partition coefficient (Wildman–Crippen LogP) is 5.26. The highest BCUT2D eigenvalue weighted by Crippen LogP contribution is 2.28. The summed E-state index contributed by atoms with van der Waals surface area (Å²) >= 11 is 12.0. The number of amides is 1. The lowest BCUT2D eigenvalue weighted by Gasteiger charge is -2.09. The molecule has 0 radical (unpaired) electrons. The summed E-state index contributed by atoms with van der Waals surface area (Å²) in [6.45, 7) is 0. The number of hydrogen-bond acceptors (Lipinski definition) is 4.